The van der Waals surface area contributed by atoms with E-state index in [9.17, 15) is 9.90 Å². The summed E-state index contributed by atoms with van der Waals surface area (Å²) in [7, 11) is 0. The fourth-order valence-electron chi connectivity index (χ4n) is 1.91. The van der Waals surface area contributed by atoms with Gasteiger partial charge in [-0.15, -0.1) is 11.8 Å². The van der Waals surface area contributed by atoms with Gasteiger partial charge in [-0.3, -0.25) is 0 Å². The second kappa shape index (κ2) is 8.56. The second-order valence-electron chi connectivity index (χ2n) is 5.23. The third-order valence-electron chi connectivity index (χ3n) is 3.16. The van der Waals surface area contributed by atoms with Gasteiger partial charge in [0, 0.05) is 16.2 Å². The van der Waals surface area contributed by atoms with Crippen molar-refractivity contribution in [2.45, 2.75) is 17.9 Å². The highest BCUT2D eigenvalue weighted by molar-refractivity contribution is 7.99. The van der Waals surface area contributed by atoms with Gasteiger partial charge in [-0.05, 0) is 30.2 Å². The lowest BCUT2D eigenvalue weighted by atomic mass is 10.1. The molecule has 0 aliphatic carbocycles. The average Bonchev–Trinajstić information content (AvgIpc) is 2.59. The van der Waals surface area contributed by atoms with Gasteiger partial charge < -0.3 is 9.84 Å². The zero-order valence-electron chi connectivity index (χ0n) is 13.1. The Morgan fingerprint density at radius 2 is 1.74 bits per heavy atom. The largest absolute Gasteiger partial charge is 0.460 e. The predicted molar refractivity (Wildman–Crippen MR) is 94.4 cm³/mol. The molecule has 2 aromatic carbocycles. The van der Waals surface area contributed by atoms with E-state index in [0.29, 0.717) is 11.3 Å². The van der Waals surface area contributed by atoms with E-state index in [1.165, 1.54) is 17.3 Å². The van der Waals surface area contributed by atoms with E-state index in [4.69, 9.17) is 4.74 Å². The Bertz CT molecular complexity index is 650. The standard InChI is InChI=1S/C19H20O3S/c1-14(2)19(21)22-12-17(20)13-23-18-10-8-16(9-11-18)15-6-4-3-5-7-15/h3-11,17,20H,1,12-13H2,2H3. The molecule has 1 unspecified atom stereocenters. The number of benzene rings is 2. The number of carbonyl (C=O) groups excluding carboxylic acids is 1. The predicted octanol–water partition coefficient (Wildman–Crippen LogP) is 3.93. The van der Waals surface area contributed by atoms with Crippen molar-refractivity contribution < 1.29 is 14.6 Å². The van der Waals surface area contributed by atoms with Gasteiger partial charge in [0.15, 0.2) is 0 Å². The lowest BCUT2D eigenvalue weighted by Crippen LogP contribution is -2.21. The number of rotatable bonds is 7. The highest BCUT2D eigenvalue weighted by atomic mass is 32.2. The molecule has 23 heavy (non-hydrogen) atoms. The average molecular weight is 328 g/mol. The maximum absolute atomic E-state index is 11.3. The molecule has 0 aliphatic rings. The molecule has 0 spiro atoms. The van der Waals surface area contributed by atoms with Gasteiger partial charge >= 0.3 is 5.97 Å². The van der Waals surface area contributed by atoms with Crippen LogP contribution in [0, 0.1) is 0 Å². The van der Waals surface area contributed by atoms with Gasteiger partial charge in [-0.25, -0.2) is 4.79 Å². The first-order valence-corrected chi connectivity index (χ1v) is 8.34. The zero-order valence-corrected chi connectivity index (χ0v) is 13.9. The summed E-state index contributed by atoms with van der Waals surface area (Å²) in [6, 6.07) is 18.3. The summed E-state index contributed by atoms with van der Waals surface area (Å²) < 4.78 is 4.93. The molecule has 0 saturated carbocycles. The van der Waals surface area contributed by atoms with E-state index < -0.39 is 12.1 Å². The smallest absolute Gasteiger partial charge is 0.333 e. The van der Waals surface area contributed by atoms with E-state index >= 15 is 0 Å². The van der Waals surface area contributed by atoms with E-state index in [1.54, 1.807) is 6.92 Å². The molecule has 0 heterocycles. The summed E-state index contributed by atoms with van der Waals surface area (Å²) in [6.45, 7) is 5.07. The molecule has 1 N–H and O–H groups in total. The molecule has 4 heteroatoms. The lowest BCUT2D eigenvalue weighted by Gasteiger charge is -2.11. The molecular weight excluding hydrogens is 308 g/mol. The number of aliphatic hydroxyl groups is 1. The summed E-state index contributed by atoms with van der Waals surface area (Å²) >= 11 is 1.53. The van der Waals surface area contributed by atoms with E-state index in [1.807, 2.05) is 30.3 Å². The maximum atomic E-state index is 11.3. The summed E-state index contributed by atoms with van der Waals surface area (Å²) in [5.41, 5.74) is 2.67. The number of thioether (sulfide) groups is 1. The van der Waals surface area contributed by atoms with Crippen LogP contribution in [0.25, 0.3) is 11.1 Å². The quantitative estimate of drug-likeness (QED) is 0.475. The third kappa shape index (κ3) is 5.58. The highest BCUT2D eigenvalue weighted by Crippen LogP contribution is 2.24. The molecule has 120 valence electrons. The second-order valence-corrected chi connectivity index (χ2v) is 6.33. The Balaban J connectivity index is 1.82. The number of esters is 1. The molecule has 0 bridgehead atoms. The van der Waals surface area contributed by atoms with Gasteiger partial charge in [0.2, 0.25) is 0 Å². The number of hydrogen-bond acceptors (Lipinski definition) is 4. The summed E-state index contributed by atoms with van der Waals surface area (Å²) in [4.78, 5) is 12.3. The molecular formula is C19H20O3S. The number of ether oxygens (including phenoxy) is 1. The Morgan fingerprint density at radius 3 is 2.35 bits per heavy atom. The normalized spacial score (nSPS) is 11.7. The van der Waals surface area contributed by atoms with E-state index in [2.05, 4.69) is 30.8 Å². The molecule has 2 rings (SSSR count). The monoisotopic (exact) mass is 328 g/mol. The SMILES string of the molecule is C=C(C)C(=O)OCC(O)CSc1ccc(-c2ccccc2)cc1. The van der Waals surface area contributed by atoms with Crippen LogP contribution >= 0.6 is 11.8 Å². The molecule has 3 nitrogen and oxygen atoms in total. The van der Waals surface area contributed by atoms with Crippen LogP contribution in [0.5, 0.6) is 0 Å². The van der Waals surface area contributed by atoms with Crippen LogP contribution < -0.4 is 0 Å². The lowest BCUT2D eigenvalue weighted by molar-refractivity contribution is -0.141. The van der Waals surface area contributed by atoms with Crippen molar-refractivity contribution in [2.24, 2.45) is 0 Å². The van der Waals surface area contributed by atoms with Crippen LogP contribution in [0.1, 0.15) is 6.92 Å². The van der Waals surface area contributed by atoms with Crippen LogP contribution in [0.4, 0.5) is 0 Å². The molecule has 1 atom stereocenters. The Labute approximate surface area is 141 Å². The first kappa shape index (κ1) is 17.3. The van der Waals surface area contributed by atoms with Crippen LogP contribution in [0.15, 0.2) is 71.6 Å². The molecule has 2 aromatic rings. The first-order chi connectivity index (χ1) is 11.1. The van der Waals surface area contributed by atoms with Crippen molar-refractivity contribution in [1.29, 1.82) is 0 Å². The van der Waals surface area contributed by atoms with Crippen molar-refractivity contribution in [2.75, 3.05) is 12.4 Å². The summed E-state index contributed by atoms with van der Waals surface area (Å²) in [6.07, 6.45) is -0.697. The van der Waals surface area contributed by atoms with E-state index in [-0.39, 0.29) is 6.61 Å². The number of hydrogen-bond donors (Lipinski definition) is 1. The van der Waals surface area contributed by atoms with Crippen molar-refractivity contribution in [3.8, 4) is 11.1 Å². The zero-order chi connectivity index (χ0) is 16.7. The van der Waals surface area contributed by atoms with Crippen LogP contribution in [0.2, 0.25) is 0 Å². The number of carbonyl (C=O) groups is 1. The maximum Gasteiger partial charge on any atom is 0.333 e. The minimum Gasteiger partial charge on any atom is -0.460 e. The first-order valence-electron chi connectivity index (χ1n) is 7.35. The minimum absolute atomic E-state index is 0.0131. The fraction of sp³-hybridized carbons (Fsp3) is 0.211. The highest BCUT2D eigenvalue weighted by Gasteiger charge is 2.10. The van der Waals surface area contributed by atoms with Crippen molar-refractivity contribution in [1.82, 2.24) is 0 Å². The summed E-state index contributed by atoms with van der Waals surface area (Å²) in [5, 5.41) is 9.85. The van der Waals surface area contributed by atoms with Gasteiger partial charge in [0.05, 0.1) is 6.10 Å². The minimum atomic E-state index is -0.697. The molecule has 0 aromatic heterocycles. The Hall–Kier alpha value is -2.04. The van der Waals surface area contributed by atoms with Crippen molar-refractivity contribution in [3.63, 3.8) is 0 Å². The van der Waals surface area contributed by atoms with Crippen LogP contribution in [-0.2, 0) is 9.53 Å². The fourth-order valence-corrected chi connectivity index (χ4v) is 2.72. The molecule has 0 saturated heterocycles. The van der Waals surface area contributed by atoms with Gasteiger partial charge in [-0.1, -0.05) is 49.0 Å². The van der Waals surface area contributed by atoms with Crippen molar-refractivity contribution >= 4 is 17.7 Å². The topological polar surface area (TPSA) is 46.5 Å². The molecule has 0 fully saturated rings. The third-order valence-corrected chi connectivity index (χ3v) is 4.32. The Morgan fingerprint density at radius 1 is 1.13 bits per heavy atom. The van der Waals surface area contributed by atoms with Gasteiger partial charge in [0.1, 0.15) is 6.61 Å². The molecule has 0 radical (unpaired) electrons. The van der Waals surface area contributed by atoms with Gasteiger partial charge in [-0.2, -0.15) is 0 Å². The molecule has 0 aliphatic heterocycles. The van der Waals surface area contributed by atoms with Crippen LogP contribution in [-0.4, -0.2) is 29.5 Å². The number of aliphatic hydroxyl groups excluding tert-OH is 1. The van der Waals surface area contributed by atoms with E-state index in [0.717, 1.165) is 10.5 Å². The summed E-state index contributed by atoms with van der Waals surface area (Å²) in [5.74, 6) is -0.00463. The Kier molecular flexibility index (Phi) is 6.44. The van der Waals surface area contributed by atoms with Crippen molar-refractivity contribution in [3.05, 3.63) is 66.7 Å². The van der Waals surface area contributed by atoms with Crippen LogP contribution in [0.3, 0.4) is 0 Å². The molecule has 0 amide bonds. The van der Waals surface area contributed by atoms with Gasteiger partial charge in [0.25, 0.3) is 0 Å².